The lowest BCUT2D eigenvalue weighted by Crippen LogP contribution is -2.39. The molecule has 2 N–H and O–H groups in total. The zero-order chi connectivity index (χ0) is 19.3. The molecule has 0 unspecified atom stereocenters. The first-order valence-electron chi connectivity index (χ1n) is 9.09. The molecule has 1 aliphatic rings. The number of nitrogens with zero attached hydrogens (tertiary/aromatic N) is 7. The lowest BCUT2D eigenvalue weighted by atomic mass is 10.4. The number of anilines is 1. The Morgan fingerprint density at radius 2 is 2.00 bits per heavy atom. The van der Waals surface area contributed by atoms with Crippen LogP contribution in [0.2, 0.25) is 0 Å². The average molecular weight is 384 g/mol. The van der Waals surface area contributed by atoms with Crippen LogP contribution in [0.5, 0.6) is 0 Å². The molecular formula is C17H20N8O3. The van der Waals surface area contributed by atoms with Gasteiger partial charge in [0, 0.05) is 33.2 Å². The number of aryl methyl sites for hydroxylation is 1. The highest BCUT2D eigenvalue weighted by Gasteiger charge is 2.22. The number of hydrogen-bond donors (Lipinski definition) is 1. The molecule has 0 spiro atoms. The molecule has 146 valence electrons. The first-order valence-corrected chi connectivity index (χ1v) is 9.09. The predicted octanol–water partition coefficient (Wildman–Crippen LogP) is -0.0479. The van der Waals surface area contributed by atoms with Gasteiger partial charge in [-0.2, -0.15) is 9.50 Å². The molecule has 1 fully saturated rings. The van der Waals surface area contributed by atoms with Crippen LogP contribution in [-0.4, -0.2) is 66.5 Å². The summed E-state index contributed by atoms with van der Waals surface area (Å²) >= 11 is 0. The van der Waals surface area contributed by atoms with Crippen molar-refractivity contribution in [3.8, 4) is 11.6 Å². The summed E-state index contributed by atoms with van der Waals surface area (Å²) in [5.74, 6) is 1.08. The van der Waals surface area contributed by atoms with Gasteiger partial charge in [-0.15, -0.1) is 5.10 Å². The van der Waals surface area contributed by atoms with Gasteiger partial charge in [-0.25, -0.2) is 9.78 Å². The second-order valence-electron chi connectivity index (χ2n) is 6.74. The monoisotopic (exact) mass is 384 g/mol. The van der Waals surface area contributed by atoms with Crippen molar-refractivity contribution in [2.75, 3.05) is 38.6 Å². The zero-order valence-corrected chi connectivity index (χ0v) is 15.4. The summed E-state index contributed by atoms with van der Waals surface area (Å²) in [5.41, 5.74) is 7.53. The quantitative estimate of drug-likeness (QED) is 0.520. The third kappa shape index (κ3) is 2.59. The van der Waals surface area contributed by atoms with Crippen LogP contribution >= 0.6 is 0 Å². The number of rotatable bonds is 4. The van der Waals surface area contributed by atoms with Crippen LogP contribution in [0.4, 0.5) is 5.95 Å². The van der Waals surface area contributed by atoms with Crippen LogP contribution in [0.25, 0.3) is 28.4 Å². The lowest BCUT2D eigenvalue weighted by molar-refractivity contribution is 0.0364. The predicted molar refractivity (Wildman–Crippen MR) is 101 cm³/mol. The molecule has 5 rings (SSSR count). The number of nitrogen functional groups attached to an aromatic ring is 1. The minimum absolute atomic E-state index is 0.161. The van der Waals surface area contributed by atoms with Gasteiger partial charge in [0.25, 0.3) is 0 Å². The Labute approximate surface area is 158 Å². The van der Waals surface area contributed by atoms with Gasteiger partial charge in [0.1, 0.15) is 5.52 Å². The van der Waals surface area contributed by atoms with E-state index in [1.807, 2.05) is 0 Å². The van der Waals surface area contributed by atoms with E-state index in [1.54, 1.807) is 30.0 Å². The first kappa shape index (κ1) is 17.0. The molecule has 0 saturated carbocycles. The Kier molecular flexibility index (Phi) is 3.91. The molecule has 28 heavy (non-hydrogen) atoms. The van der Waals surface area contributed by atoms with Crippen LogP contribution in [0.3, 0.4) is 0 Å². The summed E-state index contributed by atoms with van der Waals surface area (Å²) in [6.45, 7) is 4.39. The van der Waals surface area contributed by atoms with Crippen molar-refractivity contribution in [1.29, 1.82) is 0 Å². The number of hydrogen-bond acceptors (Lipinski definition) is 8. The van der Waals surface area contributed by atoms with Crippen molar-refractivity contribution in [2.24, 2.45) is 7.05 Å². The topological polar surface area (TPSA) is 122 Å². The van der Waals surface area contributed by atoms with E-state index < -0.39 is 0 Å². The van der Waals surface area contributed by atoms with Crippen LogP contribution in [0, 0.1) is 0 Å². The van der Waals surface area contributed by atoms with Crippen molar-refractivity contribution >= 4 is 22.8 Å². The molecule has 0 bridgehead atoms. The van der Waals surface area contributed by atoms with Crippen molar-refractivity contribution in [2.45, 2.75) is 6.54 Å². The fraction of sp³-hybridized carbons (Fsp3) is 0.412. The van der Waals surface area contributed by atoms with Crippen molar-refractivity contribution < 1.29 is 9.15 Å². The number of furan rings is 1. The summed E-state index contributed by atoms with van der Waals surface area (Å²) in [4.78, 5) is 24.1. The van der Waals surface area contributed by atoms with Crippen LogP contribution in [0.15, 0.2) is 27.6 Å². The van der Waals surface area contributed by atoms with E-state index in [2.05, 4.69) is 20.0 Å². The molecule has 0 amide bonds. The van der Waals surface area contributed by atoms with Crippen molar-refractivity contribution in [3.63, 3.8) is 0 Å². The Hall–Kier alpha value is -3.18. The first-order chi connectivity index (χ1) is 13.6. The average Bonchev–Trinajstić information content (AvgIpc) is 3.42. The fourth-order valence-corrected chi connectivity index (χ4v) is 3.57. The third-order valence-corrected chi connectivity index (χ3v) is 5.06. The maximum absolute atomic E-state index is 12.9. The van der Waals surface area contributed by atoms with E-state index in [0.717, 1.165) is 19.6 Å². The second-order valence-corrected chi connectivity index (χ2v) is 6.74. The number of nitrogens with two attached hydrogens (primary N) is 1. The van der Waals surface area contributed by atoms with Crippen molar-refractivity contribution in [3.05, 3.63) is 28.9 Å². The molecule has 0 aliphatic carbocycles. The molecule has 5 heterocycles. The van der Waals surface area contributed by atoms with E-state index in [1.165, 1.54) is 9.08 Å². The van der Waals surface area contributed by atoms with Gasteiger partial charge in [0.05, 0.1) is 19.5 Å². The minimum atomic E-state index is -0.161. The molecule has 4 aromatic heterocycles. The van der Waals surface area contributed by atoms with E-state index in [-0.39, 0.29) is 11.6 Å². The second kappa shape index (κ2) is 6.46. The van der Waals surface area contributed by atoms with Gasteiger partial charge < -0.3 is 14.9 Å². The van der Waals surface area contributed by atoms with Gasteiger partial charge in [-0.05, 0) is 12.1 Å². The highest BCUT2D eigenvalue weighted by molar-refractivity contribution is 5.88. The Balaban J connectivity index is 1.62. The largest absolute Gasteiger partial charge is 0.461 e. The number of fused-ring (bicyclic) bond motifs is 3. The number of ether oxygens (including phenoxy) is 1. The Bertz CT molecular complexity index is 1200. The fourth-order valence-electron chi connectivity index (χ4n) is 3.57. The highest BCUT2D eigenvalue weighted by Crippen LogP contribution is 2.23. The SMILES string of the molecule is Cn1c(=O)n(CCN2CCOCC2)c2nc(N)n3nc(-c4ccco4)nc3c21. The van der Waals surface area contributed by atoms with Crippen LogP contribution in [0.1, 0.15) is 0 Å². The van der Waals surface area contributed by atoms with Gasteiger partial charge in [0.15, 0.2) is 17.1 Å². The molecule has 4 aromatic rings. The Morgan fingerprint density at radius 3 is 2.75 bits per heavy atom. The van der Waals surface area contributed by atoms with E-state index in [0.29, 0.717) is 48.2 Å². The van der Waals surface area contributed by atoms with E-state index in [4.69, 9.17) is 14.9 Å². The molecule has 0 atom stereocenters. The maximum atomic E-state index is 12.9. The lowest BCUT2D eigenvalue weighted by Gasteiger charge is -2.26. The van der Waals surface area contributed by atoms with Crippen molar-refractivity contribution in [1.82, 2.24) is 33.6 Å². The molecule has 11 heteroatoms. The summed E-state index contributed by atoms with van der Waals surface area (Å²) in [6, 6.07) is 3.53. The molecule has 1 saturated heterocycles. The minimum Gasteiger partial charge on any atom is -0.461 e. The van der Waals surface area contributed by atoms with E-state index >= 15 is 0 Å². The number of aromatic nitrogens is 6. The summed E-state index contributed by atoms with van der Waals surface area (Å²) in [5, 5.41) is 4.38. The van der Waals surface area contributed by atoms with Crippen LogP contribution in [-0.2, 0) is 18.3 Å². The van der Waals surface area contributed by atoms with Gasteiger partial charge in [-0.1, -0.05) is 0 Å². The summed E-state index contributed by atoms with van der Waals surface area (Å²) in [7, 11) is 1.70. The third-order valence-electron chi connectivity index (χ3n) is 5.06. The number of morpholine rings is 1. The van der Waals surface area contributed by atoms with E-state index in [9.17, 15) is 4.79 Å². The normalized spacial score (nSPS) is 15.8. The summed E-state index contributed by atoms with van der Waals surface area (Å²) in [6.07, 6.45) is 1.55. The van der Waals surface area contributed by atoms with Gasteiger partial charge in [0.2, 0.25) is 11.8 Å². The molecule has 0 radical (unpaired) electrons. The summed E-state index contributed by atoms with van der Waals surface area (Å²) < 4.78 is 15.4. The smallest absolute Gasteiger partial charge is 0.330 e. The molecule has 1 aliphatic heterocycles. The molecular weight excluding hydrogens is 364 g/mol. The van der Waals surface area contributed by atoms with Crippen LogP contribution < -0.4 is 11.4 Å². The number of imidazole rings is 1. The van der Waals surface area contributed by atoms with Gasteiger partial charge >= 0.3 is 5.69 Å². The highest BCUT2D eigenvalue weighted by atomic mass is 16.5. The molecule has 11 nitrogen and oxygen atoms in total. The maximum Gasteiger partial charge on any atom is 0.330 e. The molecule has 0 aromatic carbocycles. The van der Waals surface area contributed by atoms with Gasteiger partial charge in [-0.3, -0.25) is 14.0 Å². The zero-order valence-electron chi connectivity index (χ0n) is 15.4. The Morgan fingerprint density at radius 1 is 1.18 bits per heavy atom. The standard InChI is InChI=1S/C17H20N8O3/c1-22-12-14(24(17(22)26)5-4-23-6-9-27-10-7-23)20-16(18)25-15(12)19-13(21-25)11-3-2-8-28-11/h2-3,8H,4-7,9-10H2,1H3,(H2,18,20).